The predicted octanol–water partition coefficient (Wildman–Crippen LogP) is 1.42. The van der Waals surface area contributed by atoms with Gasteiger partial charge in [0, 0.05) is 6.07 Å². The number of ether oxygens (including phenoxy) is 2. The number of rotatable bonds is 4. The van der Waals surface area contributed by atoms with Crippen molar-refractivity contribution in [3.8, 4) is 0 Å². The fraction of sp³-hybridized carbons (Fsp3) is 0.300. The maximum Gasteiger partial charge on any atom is 0.356 e. The van der Waals surface area contributed by atoms with Crippen molar-refractivity contribution in [2.75, 3.05) is 14.2 Å². The second-order valence-electron chi connectivity index (χ2n) is 6.88. The molecule has 0 fully saturated rings. The summed E-state index contributed by atoms with van der Waals surface area (Å²) >= 11 is 0. The Balaban J connectivity index is 1.65. The van der Waals surface area contributed by atoms with Crippen molar-refractivity contribution >= 4 is 23.6 Å². The molecule has 2 aromatic heterocycles. The first-order chi connectivity index (χ1) is 14.4. The Hall–Kier alpha value is -3.82. The van der Waals surface area contributed by atoms with Gasteiger partial charge in [-0.15, -0.1) is 10.2 Å². The van der Waals surface area contributed by atoms with Crippen molar-refractivity contribution in [2.45, 2.75) is 25.8 Å². The fourth-order valence-electron chi connectivity index (χ4n) is 3.79. The number of nitrogens with zero attached hydrogens (tertiary/aromatic N) is 4. The Morgan fingerprint density at radius 2 is 1.93 bits per heavy atom. The molecule has 10 nitrogen and oxygen atoms in total. The van der Waals surface area contributed by atoms with Crippen molar-refractivity contribution in [3.63, 3.8) is 0 Å². The highest BCUT2D eigenvalue weighted by Gasteiger charge is 2.29. The van der Waals surface area contributed by atoms with E-state index in [1.165, 1.54) is 31.0 Å². The molecule has 2 heterocycles. The zero-order valence-electron chi connectivity index (χ0n) is 16.6. The van der Waals surface area contributed by atoms with Crippen LogP contribution in [0.5, 0.6) is 0 Å². The average molecular weight is 409 g/mol. The molecule has 1 aliphatic rings. The van der Waals surface area contributed by atoms with Gasteiger partial charge in [-0.3, -0.25) is 9.20 Å². The van der Waals surface area contributed by atoms with Crippen molar-refractivity contribution in [2.24, 2.45) is 0 Å². The van der Waals surface area contributed by atoms with Crippen LogP contribution < -0.4 is 5.32 Å². The summed E-state index contributed by atoms with van der Waals surface area (Å²) in [6.45, 7) is 1.88. The lowest BCUT2D eigenvalue weighted by Gasteiger charge is -2.16. The number of benzene rings is 1. The number of carbonyl (C=O) groups is 3. The number of esters is 2. The third-order valence-corrected chi connectivity index (χ3v) is 5.31. The molecular weight excluding hydrogens is 390 g/mol. The highest BCUT2D eigenvalue weighted by atomic mass is 16.5. The Bertz CT molecular complexity index is 1190. The van der Waals surface area contributed by atoms with Gasteiger partial charge in [-0.05, 0) is 42.5 Å². The minimum absolute atomic E-state index is 0.0338. The van der Waals surface area contributed by atoms with Gasteiger partial charge in [-0.25, -0.2) is 14.6 Å². The van der Waals surface area contributed by atoms with Gasteiger partial charge in [-0.1, -0.05) is 6.07 Å². The second-order valence-corrected chi connectivity index (χ2v) is 6.88. The number of hydrogen-bond acceptors (Lipinski definition) is 8. The molecule has 0 aliphatic heterocycles. The molecule has 1 N–H and O–H groups in total. The van der Waals surface area contributed by atoms with E-state index in [0.29, 0.717) is 12.0 Å². The standard InChI is InChI=1S/C20H19N5O5/c1-10-11-6-7-14(13(11)5-4-12(10)18(27)29-2)22-17(26)16-8-15(19(28)30-3)23-20-24-21-9-25(16)20/h4-5,8-9,14H,6-7H2,1-3H3,(H,22,26)/t14-/m0/s1. The van der Waals surface area contributed by atoms with E-state index in [1.54, 1.807) is 6.07 Å². The molecule has 10 heteroatoms. The van der Waals surface area contributed by atoms with Crippen LogP contribution >= 0.6 is 0 Å². The third-order valence-electron chi connectivity index (χ3n) is 5.31. The molecule has 1 aliphatic carbocycles. The van der Waals surface area contributed by atoms with E-state index >= 15 is 0 Å². The molecule has 0 radical (unpaired) electrons. The molecule has 1 atom stereocenters. The highest BCUT2D eigenvalue weighted by Crippen LogP contribution is 2.35. The summed E-state index contributed by atoms with van der Waals surface area (Å²) in [6, 6.07) is 4.66. The lowest BCUT2D eigenvalue weighted by atomic mass is 9.98. The van der Waals surface area contributed by atoms with Crippen LogP contribution in [0.3, 0.4) is 0 Å². The van der Waals surface area contributed by atoms with E-state index in [9.17, 15) is 14.4 Å². The Morgan fingerprint density at radius 1 is 1.17 bits per heavy atom. The smallest absolute Gasteiger partial charge is 0.356 e. The fourth-order valence-corrected chi connectivity index (χ4v) is 3.79. The number of amides is 1. The van der Waals surface area contributed by atoms with E-state index in [2.05, 4.69) is 20.5 Å². The number of aromatic nitrogens is 4. The number of fused-ring (bicyclic) bond motifs is 2. The summed E-state index contributed by atoms with van der Waals surface area (Å²) < 4.78 is 10.9. The maximum absolute atomic E-state index is 13.1. The largest absolute Gasteiger partial charge is 0.465 e. The molecule has 1 aromatic carbocycles. The topological polar surface area (TPSA) is 125 Å². The minimum Gasteiger partial charge on any atom is -0.465 e. The van der Waals surface area contributed by atoms with Crippen molar-refractivity contribution in [1.82, 2.24) is 24.9 Å². The molecule has 0 spiro atoms. The van der Waals surface area contributed by atoms with Crippen LogP contribution in [0.25, 0.3) is 5.78 Å². The summed E-state index contributed by atoms with van der Waals surface area (Å²) in [7, 11) is 2.58. The first-order valence-electron chi connectivity index (χ1n) is 9.25. The van der Waals surface area contributed by atoms with E-state index in [-0.39, 0.29) is 29.2 Å². The van der Waals surface area contributed by atoms with Gasteiger partial charge in [0.2, 0.25) is 0 Å². The quantitative estimate of drug-likeness (QED) is 0.642. The van der Waals surface area contributed by atoms with Crippen LogP contribution in [0.4, 0.5) is 0 Å². The van der Waals surface area contributed by atoms with E-state index in [0.717, 1.165) is 23.1 Å². The van der Waals surface area contributed by atoms with Crippen LogP contribution in [-0.4, -0.2) is 51.6 Å². The van der Waals surface area contributed by atoms with Gasteiger partial charge in [0.15, 0.2) is 5.69 Å². The Morgan fingerprint density at radius 3 is 2.67 bits per heavy atom. The number of hydrogen-bond donors (Lipinski definition) is 1. The zero-order chi connectivity index (χ0) is 21.4. The molecular formula is C20H19N5O5. The van der Waals surface area contributed by atoms with Crippen LogP contribution in [0, 0.1) is 6.92 Å². The third kappa shape index (κ3) is 3.15. The van der Waals surface area contributed by atoms with Crippen LogP contribution in [0.2, 0.25) is 0 Å². The first kappa shape index (κ1) is 19.5. The van der Waals surface area contributed by atoms with Crippen LogP contribution in [0.15, 0.2) is 24.5 Å². The van der Waals surface area contributed by atoms with Gasteiger partial charge >= 0.3 is 11.9 Å². The maximum atomic E-state index is 13.1. The number of methoxy groups -OCH3 is 2. The normalized spacial score (nSPS) is 15.0. The van der Waals surface area contributed by atoms with Gasteiger partial charge in [-0.2, -0.15) is 0 Å². The molecule has 30 heavy (non-hydrogen) atoms. The van der Waals surface area contributed by atoms with Gasteiger partial charge in [0.25, 0.3) is 11.7 Å². The molecule has 0 saturated heterocycles. The molecule has 154 valence electrons. The molecule has 0 saturated carbocycles. The van der Waals surface area contributed by atoms with Crippen molar-refractivity contribution in [1.29, 1.82) is 0 Å². The first-order valence-corrected chi connectivity index (χ1v) is 9.25. The zero-order valence-corrected chi connectivity index (χ0v) is 16.6. The molecule has 1 amide bonds. The van der Waals surface area contributed by atoms with Crippen LogP contribution in [0.1, 0.15) is 60.5 Å². The SMILES string of the molecule is COC(=O)c1cc(C(=O)N[C@H]2CCc3c2ccc(C(=O)OC)c3C)n2cnnc2n1. The lowest BCUT2D eigenvalue weighted by molar-refractivity contribution is 0.0587. The lowest BCUT2D eigenvalue weighted by Crippen LogP contribution is -2.29. The molecule has 0 bridgehead atoms. The monoisotopic (exact) mass is 409 g/mol. The van der Waals surface area contributed by atoms with E-state index in [1.807, 2.05) is 13.0 Å². The summed E-state index contributed by atoms with van der Waals surface area (Å²) in [4.78, 5) is 40.9. The Labute approximate surface area is 171 Å². The second kappa shape index (κ2) is 7.54. The summed E-state index contributed by atoms with van der Waals surface area (Å²) in [6.07, 6.45) is 2.77. The van der Waals surface area contributed by atoms with Crippen molar-refractivity contribution in [3.05, 3.63) is 58.2 Å². The summed E-state index contributed by atoms with van der Waals surface area (Å²) in [5.41, 5.74) is 3.49. The van der Waals surface area contributed by atoms with E-state index in [4.69, 9.17) is 9.47 Å². The predicted molar refractivity (Wildman–Crippen MR) is 103 cm³/mol. The van der Waals surface area contributed by atoms with Gasteiger partial charge in [0.1, 0.15) is 12.0 Å². The van der Waals surface area contributed by atoms with Gasteiger partial charge in [0.05, 0.1) is 25.8 Å². The molecule has 4 rings (SSSR count). The average Bonchev–Trinajstić information content (AvgIpc) is 3.39. The Kier molecular flexibility index (Phi) is 4.90. The minimum atomic E-state index is -0.674. The molecule has 0 unspecified atom stereocenters. The number of carbonyl (C=O) groups excluding carboxylic acids is 3. The summed E-state index contributed by atoms with van der Waals surface area (Å²) in [5, 5.41) is 10.6. The van der Waals surface area contributed by atoms with Gasteiger partial charge < -0.3 is 14.8 Å². The molecule has 3 aromatic rings. The van der Waals surface area contributed by atoms with Crippen LogP contribution in [-0.2, 0) is 15.9 Å². The highest BCUT2D eigenvalue weighted by molar-refractivity contribution is 5.97. The summed E-state index contributed by atoms with van der Waals surface area (Å²) in [5.74, 6) is -1.34. The number of nitrogens with one attached hydrogen (secondary N) is 1. The van der Waals surface area contributed by atoms with E-state index < -0.39 is 11.9 Å². The van der Waals surface area contributed by atoms with Crippen molar-refractivity contribution < 1.29 is 23.9 Å².